The smallest absolute Gasteiger partial charge is 0.0707 e. The molecule has 2 heteroatoms. The van der Waals surface area contributed by atoms with Crippen LogP contribution in [0.2, 0.25) is 0 Å². The van der Waals surface area contributed by atoms with Crippen LogP contribution in [0.3, 0.4) is 0 Å². The number of benzene rings is 2. The van der Waals surface area contributed by atoms with Gasteiger partial charge in [0, 0.05) is 12.0 Å². The second-order valence-corrected chi connectivity index (χ2v) is 5.56. The summed E-state index contributed by atoms with van der Waals surface area (Å²) in [6.45, 7) is 6.42. The van der Waals surface area contributed by atoms with Crippen LogP contribution in [0.5, 0.6) is 0 Å². The summed E-state index contributed by atoms with van der Waals surface area (Å²) in [5.41, 5.74) is 6.45. The van der Waals surface area contributed by atoms with Gasteiger partial charge in [0.15, 0.2) is 5.30 Å². The molecule has 0 N–H and O–H groups in total. The Labute approximate surface area is 110 Å². The predicted molar refractivity (Wildman–Crippen MR) is 78.5 cm³/mol. The van der Waals surface area contributed by atoms with Gasteiger partial charge in [0.25, 0.3) is 0 Å². The van der Waals surface area contributed by atoms with Crippen molar-refractivity contribution in [2.24, 2.45) is 0 Å². The zero-order chi connectivity index (χ0) is 13.1. The topological polar surface area (TPSA) is 17.1 Å². The van der Waals surface area contributed by atoms with Gasteiger partial charge in [-0.05, 0) is 43.5 Å². The van der Waals surface area contributed by atoms with Crippen LogP contribution in [0.1, 0.15) is 27.8 Å². The van der Waals surface area contributed by atoms with Crippen LogP contribution in [0, 0.1) is 20.8 Å². The number of aryl methyl sites for hydroxylation is 3. The average Bonchev–Trinajstić information content (AvgIpc) is 2.34. The molecule has 0 aliphatic carbocycles. The first-order valence-corrected chi connectivity index (χ1v) is 7.05. The Morgan fingerprint density at radius 1 is 1.00 bits per heavy atom. The van der Waals surface area contributed by atoms with E-state index in [2.05, 4.69) is 39.0 Å². The van der Waals surface area contributed by atoms with E-state index in [-0.39, 0.29) is 8.46 Å². The van der Waals surface area contributed by atoms with Crippen molar-refractivity contribution in [2.75, 3.05) is 0 Å². The largest absolute Gasteiger partial charge is 0.363 e. The van der Waals surface area contributed by atoms with Gasteiger partial charge in [-0.15, -0.1) is 0 Å². The first-order valence-electron chi connectivity index (χ1n) is 6.14. The summed E-state index contributed by atoms with van der Waals surface area (Å²) in [6, 6.07) is 12.4. The Morgan fingerprint density at radius 3 is 2.22 bits per heavy atom. The third kappa shape index (κ3) is 2.68. The van der Waals surface area contributed by atoms with Crippen LogP contribution in [-0.2, 0) is 11.0 Å². The Morgan fingerprint density at radius 2 is 1.61 bits per heavy atom. The van der Waals surface area contributed by atoms with Crippen molar-refractivity contribution in [2.45, 2.75) is 27.2 Å². The highest BCUT2D eigenvalue weighted by molar-refractivity contribution is 7.34. The van der Waals surface area contributed by atoms with Crippen molar-refractivity contribution in [3.8, 4) is 0 Å². The van der Waals surface area contributed by atoms with Gasteiger partial charge in [-0.2, -0.15) is 0 Å². The van der Waals surface area contributed by atoms with Crippen LogP contribution < -0.4 is 5.30 Å². The van der Waals surface area contributed by atoms with Crippen LogP contribution in [0.25, 0.3) is 0 Å². The molecule has 1 unspecified atom stereocenters. The predicted octanol–water partition coefficient (Wildman–Crippen LogP) is 3.85. The number of hydrogen-bond acceptors (Lipinski definition) is 1. The van der Waals surface area contributed by atoms with Gasteiger partial charge in [0.1, 0.15) is 0 Å². The summed E-state index contributed by atoms with van der Waals surface area (Å²) >= 11 is 0. The van der Waals surface area contributed by atoms with Crippen LogP contribution in [0.15, 0.2) is 36.4 Å². The van der Waals surface area contributed by atoms with Crippen molar-refractivity contribution in [3.05, 3.63) is 64.2 Å². The van der Waals surface area contributed by atoms with E-state index in [0.717, 1.165) is 11.7 Å². The third-order valence-corrected chi connectivity index (χ3v) is 4.04. The second-order valence-electron chi connectivity index (χ2n) is 4.81. The van der Waals surface area contributed by atoms with Crippen LogP contribution in [-0.4, -0.2) is 0 Å². The summed E-state index contributed by atoms with van der Waals surface area (Å²) < 4.78 is 11.2. The average molecular weight is 257 g/mol. The van der Waals surface area contributed by atoms with Gasteiger partial charge in [-0.3, -0.25) is 0 Å². The molecule has 0 saturated carbocycles. The molecule has 0 spiro atoms. The number of hydrogen-bond donors (Lipinski definition) is 0. The summed E-state index contributed by atoms with van der Waals surface area (Å²) in [7, 11) is -0.378. The molecule has 92 valence electrons. The lowest BCUT2D eigenvalue weighted by Gasteiger charge is -2.11. The molecule has 1 atom stereocenters. The quantitative estimate of drug-likeness (QED) is 0.763. The molecular weight excluding hydrogens is 239 g/mol. The van der Waals surface area contributed by atoms with Gasteiger partial charge in [-0.1, -0.05) is 40.5 Å². The molecule has 0 amide bonds. The first-order chi connectivity index (χ1) is 8.61. The van der Waals surface area contributed by atoms with E-state index in [1.165, 1.54) is 27.8 Å². The van der Waals surface area contributed by atoms with Gasteiger partial charge >= 0.3 is 8.46 Å². The van der Waals surface area contributed by atoms with E-state index in [4.69, 9.17) is 0 Å². The van der Waals surface area contributed by atoms with Gasteiger partial charge in [0.2, 0.25) is 0 Å². The highest BCUT2D eigenvalue weighted by atomic mass is 31.1. The zero-order valence-electron chi connectivity index (χ0n) is 11.1. The summed E-state index contributed by atoms with van der Waals surface area (Å²) in [5.74, 6) is 0. The molecule has 2 aromatic carbocycles. The SMILES string of the molecule is Cc1cc(C)c(Cc2ccccc2[PH+]=O)c(C)c1. The third-order valence-electron chi connectivity index (χ3n) is 3.33. The van der Waals surface area contributed by atoms with Gasteiger partial charge < -0.3 is 0 Å². The molecule has 0 bridgehead atoms. The lowest BCUT2D eigenvalue weighted by Crippen LogP contribution is -2.05. The normalized spacial score (nSPS) is 10.8. The summed E-state index contributed by atoms with van der Waals surface area (Å²) in [4.78, 5) is 0. The minimum Gasteiger partial charge on any atom is -0.0707 e. The fraction of sp³-hybridized carbons (Fsp3) is 0.250. The molecule has 2 aromatic rings. The lowest BCUT2D eigenvalue weighted by atomic mass is 9.94. The van der Waals surface area contributed by atoms with Crippen molar-refractivity contribution in [1.29, 1.82) is 0 Å². The maximum absolute atomic E-state index is 11.2. The number of rotatable bonds is 3. The molecule has 0 saturated heterocycles. The molecule has 0 heterocycles. The van der Waals surface area contributed by atoms with Crippen molar-refractivity contribution >= 4 is 13.8 Å². The minimum absolute atomic E-state index is 0.378. The summed E-state index contributed by atoms with van der Waals surface area (Å²) in [5, 5.41) is 0.942. The fourth-order valence-corrected chi connectivity index (χ4v) is 2.92. The van der Waals surface area contributed by atoms with E-state index in [1.807, 2.05) is 18.2 Å². The molecule has 0 aliphatic heterocycles. The Balaban J connectivity index is 2.43. The zero-order valence-corrected chi connectivity index (χ0v) is 12.1. The highest BCUT2D eigenvalue weighted by Gasteiger charge is 2.11. The van der Waals surface area contributed by atoms with E-state index < -0.39 is 0 Å². The Hall–Kier alpha value is -1.46. The Bertz CT molecular complexity index is 564. The van der Waals surface area contributed by atoms with Crippen molar-refractivity contribution in [3.63, 3.8) is 0 Å². The molecule has 0 aromatic heterocycles. The molecular formula is C16H18OP+. The standard InChI is InChI=1S/C16H17OP/c1-11-8-12(2)15(13(3)9-11)10-14-6-4-5-7-16(14)18-17/h4-9H,10H2,1-3H3/p+1. The molecule has 0 aliphatic rings. The monoisotopic (exact) mass is 257 g/mol. The molecule has 18 heavy (non-hydrogen) atoms. The van der Waals surface area contributed by atoms with Crippen molar-refractivity contribution < 1.29 is 4.57 Å². The van der Waals surface area contributed by atoms with E-state index >= 15 is 0 Å². The van der Waals surface area contributed by atoms with Gasteiger partial charge in [-0.25, -0.2) is 0 Å². The maximum atomic E-state index is 11.2. The van der Waals surface area contributed by atoms with E-state index in [0.29, 0.717) is 0 Å². The first kappa shape index (κ1) is 13.0. The van der Waals surface area contributed by atoms with Crippen LogP contribution >= 0.6 is 8.46 Å². The van der Waals surface area contributed by atoms with E-state index in [1.54, 1.807) is 0 Å². The van der Waals surface area contributed by atoms with Crippen molar-refractivity contribution in [1.82, 2.24) is 0 Å². The highest BCUT2D eigenvalue weighted by Crippen LogP contribution is 2.20. The van der Waals surface area contributed by atoms with Gasteiger partial charge in [0.05, 0.1) is 0 Å². The Kier molecular flexibility index (Phi) is 3.93. The van der Waals surface area contributed by atoms with E-state index in [9.17, 15) is 4.57 Å². The summed E-state index contributed by atoms with van der Waals surface area (Å²) in [6.07, 6.45) is 0.864. The molecule has 1 nitrogen and oxygen atoms in total. The second kappa shape index (κ2) is 5.46. The molecule has 0 fully saturated rings. The lowest BCUT2D eigenvalue weighted by molar-refractivity contribution is 0.603. The van der Waals surface area contributed by atoms with Crippen LogP contribution in [0.4, 0.5) is 0 Å². The molecule has 0 radical (unpaired) electrons. The maximum Gasteiger partial charge on any atom is 0.363 e. The minimum atomic E-state index is -0.378. The molecule has 2 rings (SSSR count). The fourth-order valence-electron chi connectivity index (χ4n) is 2.45.